The Labute approximate surface area is 117 Å². The van der Waals surface area contributed by atoms with Gasteiger partial charge in [-0.15, -0.1) is 0 Å². The lowest BCUT2D eigenvalue weighted by Crippen LogP contribution is -2.25. The van der Waals surface area contributed by atoms with Crippen molar-refractivity contribution in [2.24, 2.45) is 0 Å². The molecule has 1 aromatic heterocycles. The maximum atomic E-state index is 6.22. The molecule has 1 unspecified atom stereocenters. The Morgan fingerprint density at radius 3 is 3.11 bits per heavy atom. The Balaban J connectivity index is 1.67. The lowest BCUT2D eigenvalue weighted by Gasteiger charge is -2.11. The first-order chi connectivity index (χ1) is 9.33. The maximum Gasteiger partial charge on any atom is 0.134 e. The van der Waals surface area contributed by atoms with Crippen LogP contribution in [0.5, 0.6) is 0 Å². The van der Waals surface area contributed by atoms with E-state index in [4.69, 9.17) is 16.3 Å². The van der Waals surface area contributed by atoms with E-state index in [1.165, 1.54) is 6.42 Å². The average molecular weight is 277 g/mol. The van der Waals surface area contributed by atoms with Crippen molar-refractivity contribution >= 4 is 22.5 Å². The molecule has 0 aliphatic carbocycles. The Bertz CT molecular complexity index is 567. The molecule has 1 fully saturated rings. The van der Waals surface area contributed by atoms with Crippen molar-refractivity contribution in [1.82, 2.24) is 10.3 Å². The van der Waals surface area contributed by atoms with Crippen molar-refractivity contribution in [3.05, 3.63) is 41.0 Å². The van der Waals surface area contributed by atoms with Crippen LogP contribution in [0.3, 0.4) is 0 Å². The molecule has 0 amide bonds. The molecule has 19 heavy (non-hydrogen) atoms. The lowest BCUT2D eigenvalue weighted by atomic mass is 10.1. The molecule has 1 atom stereocenters. The Hall–Kier alpha value is -1.16. The molecular formula is C15H17ClN2O. The van der Waals surface area contributed by atoms with E-state index < -0.39 is 0 Å². The van der Waals surface area contributed by atoms with E-state index in [1.54, 1.807) is 0 Å². The fraction of sp³-hybridized carbons (Fsp3) is 0.400. The van der Waals surface area contributed by atoms with Crippen LogP contribution in [-0.2, 0) is 11.3 Å². The standard InChI is InChI=1S/C15H17ClN2O/c16-15-12(9-17-10-13-5-3-7-19-13)8-11-4-1-2-6-14(11)18-15/h1-2,4,6,8,13,17H,3,5,7,9-10H2. The minimum absolute atomic E-state index is 0.354. The van der Waals surface area contributed by atoms with Gasteiger partial charge in [0.1, 0.15) is 5.15 Å². The minimum atomic E-state index is 0.354. The van der Waals surface area contributed by atoms with Gasteiger partial charge in [-0.05, 0) is 25.0 Å². The Morgan fingerprint density at radius 2 is 2.26 bits per heavy atom. The summed E-state index contributed by atoms with van der Waals surface area (Å²) in [6, 6.07) is 10.1. The van der Waals surface area contributed by atoms with E-state index in [0.29, 0.717) is 11.3 Å². The van der Waals surface area contributed by atoms with Crippen molar-refractivity contribution < 1.29 is 4.74 Å². The smallest absolute Gasteiger partial charge is 0.134 e. The molecule has 0 saturated carbocycles. The Morgan fingerprint density at radius 1 is 1.37 bits per heavy atom. The van der Waals surface area contributed by atoms with E-state index in [-0.39, 0.29) is 0 Å². The highest BCUT2D eigenvalue weighted by Gasteiger charge is 2.14. The van der Waals surface area contributed by atoms with Crippen LogP contribution in [0, 0.1) is 0 Å². The SMILES string of the molecule is Clc1nc2ccccc2cc1CNCC1CCCO1. The largest absolute Gasteiger partial charge is 0.377 e. The number of nitrogens with one attached hydrogen (secondary N) is 1. The van der Waals surface area contributed by atoms with Gasteiger partial charge in [-0.25, -0.2) is 4.98 Å². The van der Waals surface area contributed by atoms with Crippen LogP contribution in [0.4, 0.5) is 0 Å². The first-order valence-electron chi connectivity index (χ1n) is 6.69. The molecule has 4 heteroatoms. The molecule has 1 aromatic carbocycles. The topological polar surface area (TPSA) is 34.2 Å². The summed E-state index contributed by atoms with van der Waals surface area (Å²) in [6.07, 6.45) is 2.67. The first-order valence-corrected chi connectivity index (χ1v) is 7.07. The summed E-state index contributed by atoms with van der Waals surface area (Å²) in [5, 5.41) is 5.11. The van der Waals surface area contributed by atoms with E-state index in [1.807, 2.05) is 18.2 Å². The number of benzene rings is 1. The van der Waals surface area contributed by atoms with Crippen molar-refractivity contribution in [3.8, 4) is 0 Å². The number of nitrogens with zero attached hydrogens (tertiary/aromatic N) is 1. The van der Waals surface area contributed by atoms with E-state index in [2.05, 4.69) is 22.4 Å². The van der Waals surface area contributed by atoms with E-state index in [9.17, 15) is 0 Å². The zero-order valence-electron chi connectivity index (χ0n) is 10.7. The van der Waals surface area contributed by atoms with Gasteiger partial charge in [-0.1, -0.05) is 29.8 Å². The zero-order chi connectivity index (χ0) is 13.1. The number of rotatable bonds is 4. The summed E-state index contributed by atoms with van der Waals surface area (Å²) in [5.74, 6) is 0. The predicted octanol–water partition coefficient (Wildman–Crippen LogP) is 3.16. The highest BCUT2D eigenvalue weighted by Crippen LogP contribution is 2.20. The summed E-state index contributed by atoms with van der Waals surface area (Å²) >= 11 is 6.22. The van der Waals surface area contributed by atoms with Crippen molar-refractivity contribution in [3.63, 3.8) is 0 Å². The summed E-state index contributed by atoms with van der Waals surface area (Å²) in [7, 11) is 0. The van der Waals surface area contributed by atoms with Gasteiger partial charge in [0.05, 0.1) is 11.6 Å². The zero-order valence-corrected chi connectivity index (χ0v) is 11.5. The molecule has 1 aliphatic heterocycles. The number of aromatic nitrogens is 1. The third-order valence-electron chi connectivity index (χ3n) is 3.46. The second-order valence-electron chi connectivity index (χ2n) is 4.90. The van der Waals surface area contributed by atoms with Crippen LogP contribution in [0.1, 0.15) is 18.4 Å². The summed E-state index contributed by atoms with van der Waals surface area (Å²) in [4.78, 5) is 4.42. The van der Waals surface area contributed by atoms with Crippen LogP contribution in [-0.4, -0.2) is 24.2 Å². The molecule has 100 valence electrons. The third-order valence-corrected chi connectivity index (χ3v) is 3.79. The highest BCUT2D eigenvalue weighted by atomic mass is 35.5. The molecule has 1 N–H and O–H groups in total. The summed E-state index contributed by atoms with van der Waals surface area (Å²) in [6.45, 7) is 2.50. The second-order valence-corrected chi connectivity index (χ2v) is 5.25. The van der Waals surface area contributed by atoms with Crippen molar-refractivity contribution in [1.29, 1.82) is 0 Å². The number of hydrogen-bond donors (Lipinski definition) is 1. The average Bonchev–Trinajstić information content (AvgIpc) is 2.92. The fourth-order valence-electron chi connectivity index (χ4n) is 2.43. The predicted molar refractivity (Wildman–Crippen MR) is 77.4 cm³/mol. The van der Waals surface area contributed by atoms with E-state index >= 15 is 0 Å². The van der Waals surface area contributed by atoms with Crippen LogP contribution in [0.2, 0.25) is 5.15 Å². The molecule has 2 aromatic rings. The molecule has 3 nitrogen and oxygen atoms in total. The quantitative estimate of drug-likeness (QED) is 0.871. The number of fused-ring (bicyclic) bond motifs is 1. The van der Waals surface area contributed by atoms with Crippen LogP contribution < -0.4 is 5.32 Å². The van der Waals surface area contributed by atoms with Gasteiger partial charge < -0.3 is 10.1 Å². The molecular weight excluding hydrogens is 260 g/mol. The third kappa shape index (κ3) is 3.06. The lowest BCUT2D eigenvalue weighted by molar-refractivity contribution is 0.110. The monoisotopic (exact) mass is 276 g/mol. The highest BCUT2D eigenvalue weighted by molar-refractivity contribution is 6.30. The molecule has 2 heterocycles. The van der Waals surface area contributed by atoms with Crippen LogP contribution >= 0.6 is 11.6 Å². The van der Waals surface area contributed by atoms with Gasteiger partial charge in [0.15, 0.2) is 0 Å². The van der Waals surface area contributed by atoms with Crippen molar-refractivity contribution in [2.45, 2.75) is 25.5 Å². The van der Waals surface area contributed by atoms with Gasteiger partial charge in [0.2, 0.25) is 0 Å². The minimum Gasteiger partial charge on any atom is -0.377 e. The number of ether oxygens (including phenoxy) is 1. The van der Waals surface area contributed by atoms with Gasteiger partial charge in [-0.3, -0.25) is 0 Å². The maximum absolute atomic E-state index is 6.22. The first kappa shape index (κ1) is 12.9. The molecule has 1 aliphatic rings. The van der Waals surface area contributed by atoms with Crippen LogP contribution in [0.25, 0.3) is 10.9 Å². The summed E-state index contributed by atoms with van der Waals surface area (Å²) in [5.41, 5.74) is 1.98. The molecule has 0 radical (unpaired) electrons. The van der Waals surface area contributed by atoms with Gasteiger partial charge in [0, 0.05) is 30.6 Å². The number of para-hydroxylation sites is 1. The van der Waals surface area contributed by atoms with Gasteiger partial charge in [-0.2, -0.15) is 0 Å². The molecule has 3 rings (SSSR count). The van der Waals surface area contributed by atoms with Crippen LogP contribution in [0.15, 0.2) is 30.3 Å². The normalized spacial score (nSPS) is 19.1. The molecule has 0 spiro atoms. The second kappa shape index (κ2) is 5.87. The molecule has 1 saturated heterocycles. The summed E-state index contributed by atoms with van der Waals surface area (Å²) < 4.78 is 5.58. The number of halogens is 1. The van der Waals surface area contributed by atoms with Gasteiger partial charge in [0.25, 0.3) is 0 Å². The molecule has 0 bridgehead atoms. The fourth-order valence-corrected chi connectivity index (χ4v) is 2.65. The van der Waals surface area contributed by atoms with Gasteiger partial charge >= 0.3 is 0 Å². The van der Waals surface area contributed by atoms with Crippen molar-refractivity contribution in [2.75, 3.05) is 13.2 Å². The van der Waals surface area contributed by atoms with E-state index in [0.717, 1.165) is 42.6 Å². The number of pyridine rings is 1. The Kier molecular flexibility index (Phi) is 3.97. The number of hydrogen-bond acceptors (Lipinski definition) is 3.